The third-order valence-electron chi connectivity index (χ3n) is 5.15. The average molecular weight is 425 g/mol. The Kier molecular flexibility index (Phi) is 6.18. The van der Waals surface area contributed by atoms with Crippen LogP contribution in [0.25, 0.3) is 22.2 Å². The molecule has 0 aliphatic rings. The number of aromatic nitrogens is 2. The zero-order chi connectivity index (χ0) is 22.5. The lowest BCUT2D eigenvalue weighted by Gasteiger charge is -2.12. The molecule has 0 saturated heterocycles. The minimum atomic E-state index is -0.384. The predicted octanol–water partition coefficient (Wildman–Crippen LogP) is 5.20. The molecule has 0 unspecified atom stereocenters. The second-order valence-electron chi connectivity index (χ2n) is 7.16. The highest BCUT2D eigenvalue weighted by Gasteiger charge is 2.20. The molecular weight excluding hydrogens is 402 g/mol. The van der Waals surface area contributed by atoms with Crippen molar-refractivity contribution in [3.63, 3.8) is 0 Å². The largest absolute Gasteiger partial charge is 0.465 e. The highest BCUT2D eigenvalue weighted by atomic mass is 16.5. The molecule has 4 aromatic rings. The van der Waals surface area contributed by atoms with E-state index in [2.05, 4.69) is 11.1 Å². The second-order valence-corrected chi connectivity index (χ2v) is 7.16. The average Bonchev–Trinajstić information content (AvgIpc) is 3.17. The summed E-state index contributed by atoms with van der Waals surface area (Å²) >= 11 is 0. The fraction of sp³-hybridized carbons (Fsp3) is 0.192. The molecule has 0 spiro atoms. The molecule has 0 radical (unpaired) electrons. The number of benzene rings is 3. The van der Waals surface area contributed by atoms with Gasteiger partial charge in [-0.1, -0.05) is 48.5 Å². The van der Waals surface area contributed by atoms with Gasteiger partial charge in [0.1, 0.15) is 0 Å². The summed E-state index contributed by atoms with van der Waals surface area (Å²) in [6.45, 7) is 4.92. The van der Waals surface area contributed by atoms with Crippen molar-refractivity contribution in [3.8, 4) is 23.2 Å². The van der Waals surface area contributed by atoms with E-state index >= 15 is 0 Å². The van der Waals surface area contributed by atoms with Crippen molar-refractivity contribution in [2.45, 2.75) is 20.4 Å². The first-order valence-corrected chi connectivity index (χ1v) is 10.5. The van der Waals surface area contributed by atoms with Gasteiger partial charge in [0.05, 0.1) is 48.0 Å². The van der Waals surface area contributed by atoms with Gasteiger partial charge in [-0.2, -0.15) is 10.2 Å². The van der Waals surface area contributed by atoms with Crippen molar-refractivity contribution in [1.29, 1.82) is 5.26 Å². The molecule has 32 heavy (non-hydrogen) atoms. The summed E-state index contributed by atoms with van der Waals surface area (Å²) in [4.78, 5) is 17.1. The lowest BCUT2D eigenvalue weighted by Crippen LogP contribution is -2.10. The van der Waals surface area contributed by atoms with Crippen molar-refractivity contribution in [3.05, 3.63) is 83.4 Å². The Balaban J connectivity index is 1.74. The van der Waals surface area contributed by atoms with Gasteiger partial charge in [0.15, 0.2) is 0 Å². The third kappa shape index (κ3) is 4.06. The Bertz CT molecular complexity index is 1300. The Morgan fingerprint density at radius 3 is 2.50 bits per heavy atom. The normalized spacial score (nSPS) is 10.7. The molecule has 160 valence electrons. The number of imidazole rings is 1. The minimum Gasteiger partial charge on any atom is -0.465 e. The van der Waals surface area contributed by atoms with Crippen LogP contribution in [0, 0.1) is 11.3 Å². The summed E-state index contributed by atoms with van der Waals surface area (Å²) in [5, 5.41) is 9.38. The molecule has 0 amide bonds. The van der Waals surface area contributed by atoms with Crippen LogP contribution < -0.4 is 4.74 Å². The lowest BCUT2D eigenvalue weighted by molar-refractivity contribution is 0.0528. The van der Waals surface area contributed by atoms with E-state index in [4.69, 9.17) is 9.47 Å². The van der Waals surface area contributed by atoms with E-state index in [1.807, 2.05) is 66.1 Å². The van der Waals surface area contributed by atoms with Gasteiger partial charge in [-0.15, -0.1) is 0 Å². The minimum absolute atomic E-state index is 0.299. The quantitative estimate of drug-likeness (QED) is 0.381. The Labute approximate surface area is 186 Å². The molecular formula is C26H23N3O3. The van der Waals surface area contributed by atoms with Crippen LogP contribution in [0.3, 0.4) is 0 Å². The van der Waals surface area contributed by atoms with Crippen LogP contribution in [0.1, 0.15) is 35.3 Å². The van der Waals surface area contributed by atoms with Crippen LogP contribution in [0.15, 0.2) is 66.7 Å². The predicted molar refractivity (Wildman–Crippen MR) is 123 cm³/mol. The van der Waals surface area contributed by atoms with Crippen LogP contribution in [0.2, 0.25) is 0 Å². The number of ether oxygens (including phenoxy) is 2. The number of carbonyl (C=O) groups is 1. The van der Waals surface area contributed by atoms with Crippen molar-refractivity contribution in [1.82, 2.24) is 9.55 Å². The first-order valence-electron chi connectivity index (χ1n) is 10.5. The number of para-hydroxylation sites is 1. The second kappa shape index (κ2) is 9.36. The van der Waals surface area contributed by atoms with Gasteiger partial charge in [0.25, 0.3) is 6.01 Å². The number of carbonyl (C=O) groups excluding carboxylic acids is 1. The van der Waals surface area contributed by atoms with Crippen molar-refractivity contribution < 1.29 is 14.3 Å². The topological polar surface area (TPSA) is 77.1 Å². The van der Waals surface area contributed by atoms with Gasteiger partial charge < -0.3 is 9.47 Å². The number of nitriles is 1. The van der Waals surface area contributed by atoms with Gasteiger partial charge in [0, 0.05) is 0 Å². The zero-order valence-electron chi connectivity index (χ0n) is 18.0. The zero-order valence-corrected chi connectivity index (χ0v) is 18.0. The molecule has 0 fully saturated rings. The molecule has 1 heterocycles. The maximum Gasteiger partial charge on any atom is 0.340 e. The van der Waals surface area contributed by atoms with Crippen molar-refractivity contribution in [2.24, 2.45) is 0 Å². The SMILES string of the molecule is CCOC(=O)c1cccc2nc(OCC)n(Cc3ccc(-c4ccccc4C#N)cc3)c12. The number of esters is 1. The first-order chi connectivity index (χ1) is 15.7. The van der Waals surface area contributed by atoms with Gasteiger partial charge in [0.2, 0.25) is 0 Å². The number of nitrogens with zero attached hydrogens (tertiary/aromatic N) is 3. The molecule has 0 N–H and O–H groups in total. The Morgan fingerprint density at radius 2 is 1.78 bits per heavy atom. The van der Waals surface area contributed by atoms with Crippen LogP contribution in [0.5, 0.6) is 6.01 Å². The summed E-state index contributed by atoms with van der Waals surface area (Å²) in [5.74, 6) is -0.384. The molecule has 0 bridgehead atoms. The summed E-state index contributed by atoms with van der Waals surface area (Å²) in [6.07, 6.45) is 0. The fourth-order valence-corrected chi connectivity index (χ4v) is 3.73. The molecule has 1 aromatic heterocycles. The summed E-state index contributed by atoms with van der Waals surface area (Å²) in [5.41, 5.74) is 5.35. The maximum atomic E-state index is 12.6. The smallest absolute Gasteiger partial charge is 0.340 e. The van der Waals surface area contributed by atoms with E-state index in [-0.39, 0.29) is 5.97 Å². The number of fused-ring (bicyclic) bond motifs is 1. The van der Waals surface area contributed by atoms with Crippen LogP contribution in [-0.4, -0.2) is 28.7 Å². The maximum absolute atomic E-state index is 12.6. The summed E-state index contributed by atoms with van der Waals surface area (Å²) in [6, 6.07) is 23.7. The van der Waals surface area contributed by atoms with E-state index in [0.717, 1.165) is 16.7 Å². The van der Waals surface area contributed by atoms with Crippen molar-refractivity contribution in [2.75, 3.05) is 13.2 Å². The van der Waals surface area contributed by atoms with E-state index in [1.165, 1.54) is 0 Å². The van der Waals surface area contributed by atoms with E-state index in [9.17, 15) is 10.1 Å². The first kappa shape index (κ1) is 21.1. The highest BCUT2D eigenvalue weighted by Crippen LogP contribution is 2.28. The van der Waals surface area contributed by atoms with Crippen LogP contribution in [-0.2, 0) is 11.3 Å². The lowest BCUT2D eigenvalue weighted by atomic mass is 9.99. The van der Waals surface area contributed by atoms with Crippen LogP contribution >= 0.6 is 0 Å². The molecule has 0 saturated carbocycles. The number of rotatable bonds is 7. The monoisotopic (exact) mass is 425 g/mol. The van der Waals surface area contributed by atoms with Gasteiger partial charge in [-0.3, -0.25) is 4.57 Å². The summed E-state index contributed by atoms with van der Waals surface area (Å²) in [7, 11) is 0. The third-order valence-corrected chi connectivity index (χ3v) is 5.15. The van der Waals surface area contributed by atoms with Crippen LogP contribution in [0.4, 0.5) is 0 Å². The summed E-state index contributed by atoms with van der Waals surface area (Å²) < 4.78 is 12.9. The fourth-order valence-electron chi connectivity index (χ4n) is 3.73. The number of hydrogen-bond donors (Lipinski definition) is 0. The van der Waals surface area contributed by atoms with E-state index in [1.54, 1.807) is 19.1 Å². The molecule has 4 rings (SSSR count). The number of hydrogen-bond acceptors (Lipinski definition) is 5. The molecule has 6 nitrogen and oxygen atoms in total. The Hall–Kier alpha value is -4.11. The Morgan fingerprint density at radius 1 is 1.00 bits per heavy atom. The highest BCUT2D eigenvalue weighted by molar-refractivity contribution is 6.02. The molecule has 0 atom stereocenters. The molecule has 3 aromatic carbocycles. The molecule has 6 heteroatoms. The standard InChI is InChI=1S/C26H23N3O3/c1-3-31-25(30)22-10-7-11-23-24(22)29(26(28-23)32-4-2)17-18-12-14-19(15-13-18)21-9-6-5-8-20(21)16-27/h5-15H,3-4,17H2,1-2H3. The van der Waals surface area contributed by atoms with Gasteiger partial charge >= 0.3 is 5.97 Å². The van der Waals surface area contributed by atoms with Gasteiger partial charge in [-0.05, 0) is 48.7 Å². The van der Waals surface area contributed by atoms with Crippen molar-refractivity contribution >= 4 is 17.0 Å². The van der Waals surface area contributed by atoms with E-state index in [0.29, 0.717) is 47.9 Å². The van der Waals surface area contributed by atoms with E-state index < -0.39 is 0 Å². The molecule has 0 aliphatic heterocycles. The van der Waals surface area contributed by atoms with Gasteiger partial charge in [-0.25, -0.2) is 4.79 Å². The molecule has 0 aliphatic carbocycles.